The molecule has 1 aliphatic heterocycles. The Labute approximate surface area is 206 Å². The van der Waals surface area contributed by atoms with E-state index in [1.54, 1.807) is 29.2 Å². The number of carbonyl (C=O) groups excluding carboxylic acids is 2. The van der Waals surface area contributed by atoms with Gasteiger partial charge in [-0.15, -0.1) is 0 Å². The Morgan fingerprint density at radius 2 is 1.80 bits per heavy atom. The molecule has 1 heterocycles. The van der Waals surface area contributed by atoms with Gasteiger partial charge in [-0.25, -0.2) is 0 Å². The third-order valence-electron chi connectivity index (χ3n) is 5.77. The number of nitrogens with one attached hydrogen (secondary N) is 2. The van der Waals surface area contributed by atoms with Crippen molar-refractivity contribution >= 4 is 28.9 Å². The normalized spacial score (nSPS) is 14.8. The predicted octanol–water partition coefficient (Wildman–Crippen LogP) is 4.96. The highest BCUT2D eigenvalue weighted by atomic mass is 16.5. The number of amides is 2. The van der Waals surface area contributed by atoms with E-state index < -0.39 is 0 Å². The molecule has 1 aliphatic rings. The summed E-state index contributed by atoms with van der Waals surface area (Å²) in [5.74, 6) is 0.403. The lowest BCUT2D eigenvalue weighted by Crippen LogP contribution is -2.30. The van der Waals surface area contributed by atoms with Crippen molar-refractivity contribution in [3.8, 4) is 5.75 Å². The summed E-state index contributed by atoms with van der Waals surface area (Å²) in [5, 5.41) is 5.98. The first-order chi connectivity index (χ1) is 17.1. The molecular formula is C28H31N3O4. The molecule has 0 spiro atoms. The molecule has 7 heteroatoms. The SMILES string of the molecule is CCN(C(=O)c1cccc(NCC(=O)Nc2cccc(OCC3CCCO3)c2)c1)c1ccccc1. The summed E-state index contributed by atoms with van der Waals surface area (Å²) < 4.78 is 11.4. The van der Waals surface area contributed by atoms with E-state index in [1.807, 2.05) is 61.5 Å². The van der Waals surface area contributed by atoms with Gasteiger partial charge >= 0.3 is 0 Å². The first kappa shape index (κ1) is 24.3. The lowest BCUT2D eigenvalue weighted by atomic mass is 10.1. The van der Waals surface area contributed by atoms with Gasteiger partial charge in [0.05, 0.1) is 12.6 Å². The zero-order chi connectivity index (χ0) is 24.5. The van der Waals surface area contributed by atoms with Gasteiger partial charge in [0, 0.05) is 41.8 Å². The molecule has 2 amide bonds. The van der Waals surface area contributed by atoms with Crippen LogP contribution in [0.2, 0.25) is 0 Å². The number of benzene rings is 3. The molecule has 0 radical (unpaired) electrons. The number of anilines is 3. The van der Waals surface area contributed by atoms with Crippen LogP contribution in [0.1, 0.15) is 30.1 Å². The van der Waals surface area contributed by atoms with Gasteiger partial charge in [0.25, 0.3) is 5.91 Å². The average molecular weight is 474 g/mol. The second-order valence-corrected chi connectivity index (χ2v) is 8.34. The Hall–Kier alpha value is -3.84. The Balaban J connectivity index is 1.31. The fraction of sp³-hybridized carbons (Fsp3) is 0.286. The van der Waals surface area contributed by atoms with Crippen LogP contribution < -0.4 is 20.3 Å². The van der Waals surface area contributed by atoms with Gasteiger partial charge in [0.15, 0.2) is 0 Å². The molecule has 0 aromatic heterocycles. The van der Waals surface area contributed by atoms with Crippen molar-refractivity contribution < 1.29 is 19.1 Å². The average Bonchev–Trinajstić information content (AvgIpc) is 3.42. The molecular weight excluding hydrogens is 442 g/mol. The van der Waals surface area contributed by atoms with Crippen LogP contribution in [0.4, 0.5) is 17.1 Å². The molecule has 4 rings (SSSR count). The van der Waals surface area contributed by atoms with E-state index in [-0.39, 0.29) is 24.5 Å². The molecule has 1 unspecified atom stereocenters. The van der Waals surface area contributed by atoms with Crippen LogP contribution in [0, 0.1) is 0 Å². The number of rotatable bonds is 10. The summed E-state index contributed by atoms with van der Waals surface area (Å²) in [6.07, 6.45) is 2.22. The second-order valence-electron chi connectivity index (χ2n) is 8.34. The molecule has 3 aromatic carbocycles. The van der Waals surface area contributed by atoms with Gasteiger partial charge in [-0.2, -0.15) is 0 Å². The van der Waals surface area contributed by atoms with Gasteiger partial charge in [0.1, 0.15) is 12.4 Å². The molecule has 0 bridgehead atoms. The smallest absolute Gasteiger partial charge is 0.258 e. The van der Waals surface area contributed by atoms with Gasteiger partial charge < -0.3 is 25.0 Å². The summed E-state index contributed by atoms with van der Waals surface area (Å²) in [7, 11) is 0. The first-order valence-electron chi connectivity index (χ1n) is 12.0. The lowest BCUT2D eigenvalue weighted by molar-refractivity contribution is -0.114. The minimum Gasteiger partial charge on any atom is -0.491 e. The molecule has 0 aliphatic carbocycles. The standard InChI is InChI=1S/C28H31N3O4/c1-2-31(24-12-4-3-5-13-24)28(33)21-9-6-10-22(17-21)29-19-27(32)30-23-11-7-14-25(18-23)35-20-26-15-8-16-34-26/h3-7,9-14,17-18,26,29H,2,8,15-16,19-20H2,1H3,(H,30,32). The molecule has 1 atom stereocenters. The third kappa shape index (κ3) is 6.83. The van der Waals surface area contributed by atoms with E-state index in [0.29, 0.717) is 35.8 Å². The van der Waals surface area contributed by atoms with E-state index in [2.05, 4.69) is 10.6 Å². The molecule has 1 fully saturated rings. The first-order valence-corrected chi connectivity index (χ1v) is 12.0. The van der Waals surface area contributed by atoms with Crippen molar-refractivity contribution in [2.75, 3.05) is 41.8 Å². The zero-order valence-corrected chi connectivity index (χ0v) is 19.9. The van der Waals surface area contributed by atoms with Crippen molar-refractivity contribution in [3.05, 3.63) is 84.4 Å². The molecule has 1 saturated heterocycles. The maximum Gasteiger partial charge on any atom is 0.258 e. The maximum absolute atomic E-state index is 13.1. The van der Waals surface area contributed by atoms with Gasteiger partial charge in [-0.05, 0) is 62.2 Å². The highest BCUT2D eigenvalue weighted by Crippen LogP contribution is 2.21. The van der Waals surface area contributed by atoms with Crippen LogP contribution in [0.15, 0.2) is 78.9 Å². The minimum atomic E-state index is -0.197. The van der Waals surface area contributed by atoms with Crippen LogP contribution in [-0.4, -0.2) is 44.2 Å². The Morgan fingerprint density at radius 3 is 2.57 bits per heavy atom. The molecule has 35 heavy (non-hydrogen) atoms. The van der Waals surface area contributed by atoms with Crippen LogP contribution >= 0.6 is 0 Å². The van der Waals surface area contributed by atoms with E-state index in [4.69, 9.17) is 9.47 Å². The Morgan fingerprint density at radius 1 is 1.00 bits per heavy atom. The maximum atomic E-state index is 13.1. The summed E-state index contributed by atoms with van der Waals surface area (Å²) in [6.45, 7) is 3.86. The van der Waals surface area contributed by atoms with Gasteiger partial charge in [-0.1, -0.05) is 30.3 Å². The minimum absolute atomic E-state index is 0.0643. The predicted molar refractivity (Wildman–Crippen MR) is 138 cm³/mol. The number of ether oxygens (including phenoxy) is 2. The third-order valence-corrected chi connectivity index (χ3v) is 5.77. The van der Waals surface area contributed by atoms with Crippen molar-refractivity contribution in [3.63, 3.8) is 0 Å². The number of para-hydroxylation sites is 1. The highest BCUT2D eigenvalue weighted by molar-refractivity contribution is 6.06. The molecule has 0 saturated carbocycles. The lowest BCUT2D eigenvalue weighted by Gasteiger charge is -2.21. The van der Waals surface area contributed by atoms with E-state index in [1.165, 1.54) is 0 Å². The van der Waals surface area contributed by atoms with E-state index in [0.717, 1.165) is 25.1 Å². The van der Waals surface area contributed by atoms with Crippen LogP contribution in [0.3, 0.4) is 0 Å². The van der Waals surface area contributed by atoms with E-state index >= 15 is 0 Å². The van der Waals surface area contributed by atoms with Crippen molar-refractivity contribution in [1.29, 1.82) is 0 Å². The second kappa shape index (κ2) is 12.0. The van der Waals surface area contributed by atoms with Gasteiger partial charge in [-0.3, -0.25) is 9.59 Å². The summed E-state index contributed by atoms with van der Waals surface area (Å²) in [6, 6.07) is 24.1. The summed E-state index contributed by atoms with van der Waals surface area (Å²) in [4.78, 5) is 27.3. The summed E-state index contributed by atoms with van der Waals surface area (Å²) in [5.41, 5.74) is 2.76. The Kier molecular flexibility index (Phi) is 8.35. The van der Waals surface area contributed by atoms with Crippen LogP contribution in [-0.2, 0) is 9.53 Å². The van der Waals surface area contributed by atoms with Crippen LogP contribution in [0.5, 0.6) is 5.75 Å². The van der Waals surface area contributed by atoms with Crippen molar-refractivity contribution in [2.45, 2.75) is 25.9 Å². The fourth-order valence-electron chi connectivity index (χ4n) is 3.99. The number of nitrogens with zero attached hydrogens (tertiary/aromatic N) is 1. The quantitative estimate of drug-likeness (QED) is 0.435. The number of hydrogen-bond donors (Lipinski definition) is 2. The summed E-state index contributed by atoms with van der Waals surface area (Å²) >= 11 is 0. The fourth-order valence-corrected chi connectivity index (χ4v) is 3.99. The monoisotopic (exact) mass is 473 g/mol. The molecule has 2 N–H and O–H groups in total. The van der Waals surface area contributed by atoms with Crippen LogP contribution in [0.25, 0.3) is 0 Å². The van der Waals surface area contributed by atoms with Gasteiger partial charge in [0.2, 0.25) is 5.91 Å². The highest BCUT2D eigenvalue weighted by Gasteiger charge is 2.17. The molecule has 182 valence electrons. The number of carbonyl (C=O) groups is 2. The zero-order valence-electron chi connectivity index (χ0n) is 19.9. The number of hydrogen-bond acceptors (Lipinski definition) is 5. The molecule has 3 aromatic rings. The topological polar surface area (TPSA) is 79.9 Å². The Bertz CT molecular complexity index is 1130. The van der Waals surface area contributed by atoms with Crippen molar-refractivity contribution in [2.24, 2.45) is 0 Å². The largest absolute Gasteiger partial charge is 0.491 e. The molecule has 7 nitrogen and oxygen atoms in total. The van der Waals surface area contributed by atoms with Crippen molar-refractivity contribution in [1.82, 2.24) is 0 Å². The van der Waals surface area contributed by atoms with E-state index in [9.17, 15) is 9.59 Å².